The van der Waals surface area contributed by atoms with Crippen LogP contribution in [0.1, 0.15) is 25.3 Å². The molecular weight excluding hydrogens is 257 g/mol. The van der Waals surface area contributed by atoms with Crippen molar-refractivity contribution in [2.24, 2.45) is 0 Å². The highest BCUT2D eigenvalue weighted by Gasteiger charge is 2.08. The standard InChI is InChI=1S/C13H19Cl2NO/c1-2-3-6-16(7-8-17)10-11-9-12(14)4-5-13(11)15/h4-5,9,17H,2-3,6-8,10H2,1H3. The lowest BCUT2D eigenvalue weighted by Gasteiger charge is -2.21. The Balaban J connectivity index is 2.67. The number of halogens is 2. The minimum Gasteiger partial charge on any atom is -0.395 e. The first kappa shape index (κ1) is 14.8. The molecular formula is C13H19Cl2NO. The van der Waals surface area contributed by atoms with Crippen LogP contribution in [-0.2, 0) is 6.54 Å². The molecule has 0 aliphatic rings. The Morgan fingerprint density at radius 1 is 1.24 bits per heavy atom. The molecule has 0 amide bonds. The molecule has 0 radical (unpaired) electrons. The van der Waals surface area contributed by atoms with Crippen molar-refractivity contribution in [1.82, 2.24) is 4.90 Å². The van der Waals surface area contributed by atoms with Crippen molar-refractivity contribution < 1.29 is 5.11 Å². The van der Waals surface area contributed by atoms with Crippen molar-refractivity contribution in [2.45, 2.75) is 26.3 Å². The van der Waals surface area contributed by atoms with Crippen molar-refractivity contribution in [3.05, 3.63) is 33.8 Å². The van der Waals surface area contributed by atoms with Crippen molar-refractivity contribution in [2.75, 3.05) is 19.7 Å². The fourth-order valence-electron chi connectivity index (χ4n) is 1.70. The Hall–Kier alpha value is -0.280. The number of hydrogen-bond donors (Lipinski definition) is 1. The van der Waals surface area contributed by atoms with Crippen LogP contribution in [0.15, 0.2) is 18.2 Å². The van der Waals surface area contributed by atoms with Crippen LogP contribution >= 0.6 is 23.2 Å². The summed E-state index contributed by atoms with van der Waals surface area (Å²) in [5.41, 5.74) is 1.02. The highest BCUT2D eigenvalue weighted by atomic mass is 35.5. The molecule has 17 heavy (non-hydrogen) atoms. The van der Waals surface area contributed by atoms with Crippen LogP contribution in [0.25, 0.3) is 0 Å². The summed E-state index contributed by atoms with van der Waals surface area (Å²) in [6.07, 6.45) is 2.27. The minimum atomic E-state index is 0.169. The third-order valence-electron chi connectivity index (χ3n) is 2.65. The van der Waals surface area contributed by atoms with Crippen LogP contribution in [0.2, 0.25) is 10.0 Å². The van der Waals surface area contributed by atoms with E-state index in [0.717, 1.165) is 36.5 Å². The Morgan fingerprint density at radius 3 is 2.65 bits per heavy atom. The van der Waals surface area contributed by atoms with Crippen molar-refractivity contribution >= 4 is 23.2 Å². The Bertz CT molecular complexity index is 344. The molecule has 1 aromatic carbocycles. The summed E-state index contributed by atoms with van der Waals surface area (Å²) in [4.78, 5) is 2.20. The monoisotopic (exact) mass is 275 g/mol. The Morgan fingerprint density at radius 2 is 2.00 bits per heavy atom. The zero-order valence-corrected chi connectivity index (χ0v) is 11.6. The number of aliphatic hydroxyl groups excluding tert-OH is 1. The SMILES string of the molecule is CCCCN(CCO)Cc1cc(Cl)ccc1Cl. The summed E-state index contributed by atoms with van der Waals surface area (Å²) >= 11 is 12.1. The second-order valence-corrected chi connectivity index (χ2v) is 4.93. The number of aliphatic hydroxyl groups is 1. The maximum Gasteiger partial charge on any atom is 0.0558 e. The molecule has 96 valence electrons. The van der Waals surface area contributed by atoms with Gasteiger partial charge in [-0.1, -0.05) is 36.5 Å². The molecule has 2 nitrogen and oxygen atoms in total. The lowest BCUT2D eigenvalue weighted by Crippen LogP contribution is -2.27. The van der Waals surface area contributed by atoms with E-state index in [4.69, 9.17) is 28.3 Å². The number of unbranched alkanes of at least 4 members (excludes halogenated alkanes) is 1. The first-order chi connectivity index (χ1) is 8.17. The van der Waals surface area contributed by atoms with Gasteiger partial charge in [0.2, 0.25) is 0 Å². The van der Waals surface area contributed by atoms with Gasteiger partial charge < -0.3 is 5.11 Å². The average molecular weight is 276 g/mol. The molecule has 0 aliphatic heterocycles. The molecule has 1 aromatic rings. The number of hydrogen-bond acceptors (Lipinski definition) is 2. The number of nitrogens with zero attached hydrogens (tertiary/aromatic N) is 1. The topological polar surface area (TPSA) is 23.5 Å². The molecule has 0 aliphatic carbocycles. The molecule has 0 unspecified atom stereocenters. The third-order valence-corrected chi connectivity index (χ3v) is 3.25. The second kappa shape index (κ2) is 7.93. The maximum atomic E-state index is 9.04. The summed E-state index contributed by atoms with van der Waals surface area (Å²) in [6, 6.07) is 5.49. The third kappa shape index (κ3) is 5.26. The predicted molar refractivity (Wildman–Crippen MR) is 73.7 cm³/mol. The molecule has 0 atom stereocenters. The van der Waals surface area contributed by atoms with Crippen LogP contribution in [0.4, 0.5) is 0 Å². The molecule has 0 spiro atoms. The lowest BCUT2D eigenvalue weighted by atomic mass is 10.2. The van der Waals surface area contributed by atoms with E-state index in [1.54, 1.807) is 6.07 Å². The van der Waals surface area contributed by atoms with Crippen molar-refractivity contribution in [3.63, 3.8) is 0 Å². The van der Waals surface area contributed by atoms with E-state index in [9.17, 15) is 0 Å². The molecule has 0 fully saturated rings. The molecule has 0 bridgehead atoms. The van der Waals surface area contributed by atoms with Gasteiger partial charge in [-0.15, -0.1) is 0 Å². The molecule has 1 N–H and O–H groups in total. The van der Waals surface area contributed by atoms with Crippen LogP contribution < -0.4 is 0 Å². The van der Waals surface area contributed by atoms with Gasteiger partial charge in [0.1, 0.15) is 0 Å². The number of rotatable bonds is 7. The highest BCUT2D eigenvalue weighted by molar-refractivity contribution is 6.33. The number of benzene rings is 1. The zero-order chi connectivity index (χ0) is 12.7. The van der Waals surface area contributed by atoms with E-state index in [2.05, 4.69) is 11.8 Å². The summed E-state index contributed by atoms with van der Waals surface area (Å²) < 4.78 is 0. The molecule has 4 heteroatoms. The highest BCUT2D eigenvalue weighted by Crippen LogP contribution is 2.22. The first-order valence-corrected chi connectivity index (χ1v) is 6.70. The Labute approximate surface area is 113 Å². The Kier molecular flexibility index (Phi) is 6.90. The van der Waals surface area contributed by atoms with Crippen LogP contribution in [-0.4, -0.2) is 29.7 Å². The normalized spacial score (nSPS) is 11.1. The van der Waals surface area contributed by atoms with Crippen LogP contribution in [0.5, 0.6) is 0 Å². The van der Waals surface area contributed by atoms with Gasteiger partial charge in [-0.25, -0.2) is 0 Å². The van der Waals surface area contributed by atoms with Gasteiger partial charge in [0.15, 0.2) is 0 Å². The summed E-state index contributed by atoms with van der Waals surface area (Å²) in [5.74, 6) is 0. The van der Waals surface area contributed by atoms with E-state index < -0.39 is 0 Å². The van der Waals surface area contributed by atoms with E-state index in [-0.39, 0.29) is 6.61 Å². The van der Waals surface area contributed by atoms with Gasteiger partial charge >= 0.3 is 0 Å². The van der Waals surface area contributed by atoms with Crippen molar-refractivity contribution in [1.29, 1.82) is 0 Å². The van der Waals surface area contributed by atoms with E-state index in [0.29, 0.717) is 11.6 Å². The largest absolute Gasteiger partial charge is 0.395 e. The zero-order valence-electron chi connectivity index (χ0n) is 10.1. The first-order valence-electron chi connectivity index (χ1n) is 5.94. The molecule has 0 heterocycles. The van der Waals surface area contributed by atoms with Gasteiger partial charge in [0.25, 0.3) is 0 Å². The van der Waals surface area contributed by atoms with Gasteiger partial charge in [0.05, 0.1) is 6.61 Å². The quantitative estimate of drug-likeness (QED) is 0.822. The van der Waals surface area contributed by atoms with Crippen molar-refractivity contribution in [3.8, 4) is 0 Å². The van der Waals surface area contributed by atoms with Gasteiger partial charge in [0, 0.05) is 23.1 Å². The molecule has 1 rings (SSSR count). The maximum absolute atomic E-state index is 9.04. The molecule has 0 saturated heterocycles. The smallest absolute Gasteiger partial charge is 0.0558 e. The fraction of sp³-hybridized carbons (Fsp3) is 0.538. The van der Waals surface area contributed by atoms with Gasteiger partial charge in [-0.2, -0.15) is 0 Å². The van der Waals surface area contributed by atoms with Gasteiger partial charge in [-0.05, 0) is 36.7 Å². The molecule has 0 aromatic heterocycles. The second-order valence-electron chi connectivity index (χ2n) is 4.09. The van der Waals surface area contributed by atoms with E-state index in [1.165, 1.54) is 0 Å². The lowest BCUT2D eigenvalue weighted by molar-refractivity contribution is 0.188. The summed E-state index contributed by atoms with van der Waals surface area (Å²) in [7, 11) is 0. The summed E-state index contributed by atoms with van der Waals surface area (Å²) in [5, 5.41) is 10.5. The van der Waals surface area contributed by atoms with Gasteiger partial charge in [-0.3, -0.25) is 4.90 Å². The fourth-order valence-corrected chi connectivity index (χ4v) is 2.07. The van der Waals surface area contributed by atoms with Crippen LogP contribution in [0.3, 0.4) is 0 Å². The summed E-state index contributed by atoms with van der Waals surface area (Å²) in [6.45, 7) is 4.70. The predicted octanol–water partition coefficient (Wildman–Crippen LogP) is 3.59. The average Bonchev–Trinajstić information content (AvgIpc) is 2.31. The van der Waals surface area contributed by atoms with E-state index in [1.807, 2.05) is 12.1 Å². The van der Waals surface area contributed by atoms with Crippen LogP contribution in [0, 0.1) is 0 Å². The minimum absolute atomic E-state index is 0.169. The van der Waals surface area contributed by atoms with E-state index >= 15 is 0 Å². The molecule has 0 saturated carbocycles.